The van der Waals surface area contributed by atoms with Gasteiger partial charge in [-0.15, -0.1) is 0 Å². The van der Waals surface area contributed by atoms with Crippen LogP contribution in [0, 0.1) is 0 Å². The predicted octanol–water partition coefficient (Wildman–Crippen LogP) is 0.293. The Morgan fingerprint density at radius 2 is 2.50 bits per heavy atom. The Hall–Kier alpha value is -1.09. The molecule has 0 unspecified atom stereocenters. The first-order valence-electron chi connectivity index (χ1n) is 3.09. The van der Waals surface area contributed by atoms with Crippen LogP contribution in [-0.4, -0.2) is 22.6 Å². The van der Waals surface area contributed by atoms with Crippen LogP contribution < -0.4 is 0 Å². The van der Waals surface area contributed by atoms with Crippen molar-refractivity contribution in [2.45, 2.75) is 6.54 Å². The Morgan fingerprint density at radius 3 is 3.10 bits per heavy atom. The summed E-state index contributed by atoms with van der Waals surface area (Å²) in [6.45, 7) is 0.552. The molecule has 0 saturated carbocycles. The monoisotopic (exact) mass is 139 g/mol. The van der Waals surface area contributed by atoms with E-state index in [1.165, 1.54) is 0 Å². The number of carbonyl (C=O) groups is 1. The lowest BCUT2D eigenvalue weighted by atomic mass is 10.5. The summed E-state index contributed by atoms with van der Waals surface area (Å²) in [7, 11) is 0. The van der Waals surface area contributed by atoms with Gasteiger partial charge in [0.15, 0.2) is 6.29 Å². The first-order valence-corrected chi connectivity index (χ1v) is 3.09. The van der Waals surface area contributed by atoms with Crippen molar-refractivity contribution in [3.05, 3.63) is 24.0 Å². The van der Waals surface area contributed by atoms with Crippen molar-refractivity contribution >= 4 is 6.29 Å². The second-order valence-corrected chi connectivity index (χ2v) is 1.97. The third-order valence-corrected chi connectivity index (χ3v) is 1.33. The highest BCUT2D eigenvalue weighted by molar-refractivity contribution is 5.72. The quantitative estimate of drug-likeness (QED) is 0.612. The number of aldehydes is 1. The third-order valence-electron chi connectivity index (χ3n) is 1.33. The fourth-order valence-electron chi connectivity index (χ4n) is 0.846. The van der Waals surface area contributed by atoms with Gasteiger partial charge in [-0.05, 0) is 12.1 Å². The van der Waals surface area contributed by atoms with E-state index in [0.717, 1.165) is 6.29 Å². The Morgan fingerprint density at radius 1 is 1.70 bits per heavy atom. The van der Waals surface area contributed by atoms with Crippen molar-refractivity contribution in [2.24, 2.45) is 0 Å². The van der Waals surface area contributed by atoms with Gasteiger partial charge in [0, 0.05) is 12.7 Å². The molecule has 0 spiro atoms. The molecular weight excluding hydrogens is 130 g/mol. The summed E-state index contributed by atoms with van der Waals surface area (Å²) in [5.41, 5.74) is 0.606. The van der Waals surface area contributed by atoms with E-state index in [0.29, 0.717) is 12.2 Å². The smallest absolute Gasteiger partial charge is 0.166 e. The van der Waals surface area contributed by atoms with Crippen LogP contribution in [-0.2, 0) is 6.54 Å². The van der Waals surface area contributed by atoms with Crippen LogP contribution >= 0.6 is 0 Å². The van der Waals surface area contributed by atoms with Gasteiger partial charge in [-0.25, -0.2) is 0 Å². The fraction of sp³-hybridized carbons (Fsp3) is 0.286. The molecule has 0 fully saturated rings. The molecule has 0 aliphatic heterocycles. The van der Waals surface area contributed by atoms with Crippen LogP contribution in [0.3, 0.4) is 0 Å². The lowest BCUT2D eigenvalue weighted by Gasteiger charge is -1.99. The zero-order chi connectivity index (χ0) is 7.40. The van der Waals surface area contributed by atoms with Crippen LogP contribution in [0.1, 0.15) is 10.5 Å². The maximum atomic E-state index is 10.3. The first kappa shape index (κ1) is 7.02. The molecule has 0 aromatic carbocycles. The zero-order valence-corrected chi connectivity index (χ0v) is 5.53. The van der Waals surface area contributed by atoms with Crippen molar-refractivity contribution in [3.8, 4) is 0 Å². The third kappa shape index (κ3) is 1.25. The molecule has 0 saturated heterocycles. The molecule has 1 aromatic heterocycles. The molecule has 0 amide bonds. The van der Waals surface area contributed by atoms with Crippen molar-refractivity contribution < 1.29 is 9.90 Å². The van der Waals surface area contributed by atoms with E-state index >= 15 is 0 Å². The number of hydrogen-bond acceptors (Lipinski definition) is 2. The van der Waals surface area contributed by atoms with Crippen molar-refractivity contribution in [1.29, 1.82) is 0 Å². The van der Waals surface area contributed by atoms with E-state index in [1.54, 1.807) is 22.9 Å². The van der Waals surface area contributed by atoms with Gasteiger partial charge in [0.2, 0.25) is 0 Å². The van der Waals surface area contributed by atoms with E-state index in [2.05, 4.69) is 0 Å². The van der Waals surface area contributed by atoms with Crippen molar-refractivity contribution in [2.75, 3.05) is 6.61 Å². The molecule has 0 radical (unpaired) electrons. The lowest BCUT2D eigenvalue weighted by molar-refractivity contribution is 0.111. The van der Waals surface area contributed by atoms with Crippen LogP contribution in [0.4, 0.5) is 0 Å². The summed E-state index contributed by atoms with van der Waals surface area (Å²) < 4.78 is 1.70. The summed E-state index contributed by atoms with van der Waals surface area (Å²) in [6.07, 6.45) is 2.54. The Labute approximate surface area is 58.9 Å². The number of rotatable bonds is 3. The highest BCUT2D eigenvalue weighted by Gasteiger charge is 1.95. The Bertz CT molecular complexity index is 217. The normalized spacial score (nSPS) is 9.70. The molecule has 3 heteroatoms. The van der Waals surface area contributed by atoms with Crippen molar-refractivity contribution in [3.63, 3.8) is 0 Å². The van der Waals surface area contributed by atoms with Gasteiger partial charge < -0.3 is 9.67 Å². The Balaban J connectivity index is 2.79. The number of aromatic nitrogens is 1. The van der Waals surface area contributed by atoms with E-state index in [9.17, 15) is 4.79 Å². The maximum Gasteiger partial charge on any atom is 0.166 e. The minimum Gasteiger partial charge on any atom is -0.395 e. The first-order chi connectivity index (χ1) is 4.88. The SMILES string of the molecule is O=Cc1cccn1CCO. The summed E-state index contributed by atoms with van der Waals surface area (Å²) in [5.74, 6) is 0. The average molecular weight is 139 g/mol. The maximum absolute atomic E-state index is 10.3. The molecule has 1 N–H and O–H groups in total. The summed E-state index contributed by atoms with van der Waals surface area (Å²) >= 11 is 0. The molecule has 0 aliphatic rings. The molecular formula is C7H9NO2. The molecule has 1 heterocycles. The number of nitrogens with zero attached hydrogens (tertiary/aromatic N) is 1. The molecule has 0 atom stereocenters. The number of hydrogen-bond donors (Lipinski definition) is 1. The summed E-state index contributed by atoms with van der Waals surface area (Å²) in [5, 5.41) is 8.52. The number of carbonyl (C=O) groups excluding carboxylic acids is 1. The highest BCUT2D eigenvalue weighted by atomic mass is 16.3. The predicted molar refractivity (Wildman–Crippen MR) is 36.9 cm³/mol. The summed E-state index contributed by atoms with van der Waals surface area (Å²) in [4.78, 5) is 10.3. The number of aliphatic hydroxyl groups excluding tert-OH is 1. The zero-order valence-electron chi connectivity index (χ0n) is 5.53. The largest absolute Gasteiger partial charge is 0.395 e. The van der Waals surface area contributed by atoms with Gasteiger partial charge in [-0.1, -0.05) is 0 Å². The van der Waals surface area contributed by atoms with Gasteiger partial charge in [-0.3, -0.25) is 4.79 Å². The van der Waals surface area contributed by atoms with Crippen LogP contribution in [0.25, 0.3) is 0 Å². The topological polar surface area (TPSA) is 42.2 Å². The van der Waals surface area contributed by atoms with Gasteiger partial charge in [0.1, 0.15) is 0 Å². The van der Waals surface area contributed by atoms with Crippen LogP contribution in [0.5, 0.6) is 0 Å². The van der Waals surface area contributed by atoms with Gasteiger partial charge in [0.25, 0.3) is 0 Å². The lowest BCUT2D eigenvalue weighted by Crippen LogP contribution is -2.03. The highest BCUT2D eigenvalue weighted by Crippen LogP contribution is 1.97. The molecule has 1 aromatic rings. The molecule has 0 aliphatic carbocycles. The Kier molecular flexibility index (Phi) is 2.23. The molecule has 10 heavy (non-hydrogen) atoms. The fourth-order valence-corrected chi connectivity index (χ4v) is 0.846. The van der Waals surface area contributed by atoms with Crippen LogP contribution in [0.15, 0.2) is 18.3 Å². The minimum absolute atomic E-state index is 0.0650. The molecule has 3 nitrogen and oxygen atoms in total. The number of aliphatic hydroxyl groups is 1. The second-order valence-electron chi connectivity index (χ2n) is 1.97. The van der Waals surface area contributed by atoms with Gasteiger partial charge >= 0.3 is 0 Å². The van der Waals surface area contributed by atoms with Crippen LogP contribution in [0.2, 0.25) is 0 Å². The summed E-state index contributed by atoms with van der Waals surface area (Å²) in [6, 6.07) is 3.49. The van der Waals surface area contributed by atoms with E-state index in [4.69, 9.17) is 5.11 Å². The second kappa shape index (κ2) is 3.17. The van der Waals surface area contributed by atoms with Gasteiger partial charge in [0.05, 0.1) is 12.3 Å². The average Bonchev–Trinajstić information content (AvgIpc) is 2.36. The van der Waals surface area contributed by atoms with Gasteiger partial charge in [-0.2, -0.15) is 0 Å². The molecule has 54 valence electrons. The van der Waals surface area contributed by atoms with E-state index in [-0.39, 0.29) is 6.61 Å². The standard InChI is InChI=1S/C7H9NO2/c9-5-4-8-3-1-2-7(8)6-10/h1-3,6,9H,4-5H2. The molecule has 1 rings (SSSR count). The van der Waals surface area contributed by atoms with Crippen molar-refractivity contribution in [1.82, 2.24) is 4.57 Å². The van der Waals surface area contributed by atoms with E-state index < -0.39 is 0 Å². The molecule has 0 bridgehead atoms. The minimum atomic E-state index is 0.0650. The van der Waals surface area contributed by atoms with E-state index in [1.807, 2.05) is 0 Å².